The first-order valence-electron chi connectivity index (χ1n) is 10.5. The van der Waals surface area contributed by atoms with Gasteiger partial charge in [-0.05, 0) is 42.8 Å². The Balaban J connectivity index is 1.36. The van der Waals surface area contributed by atoms with Crippen molar-refractivity contribution in [2.24, 2.45) is 0 Å². The van der Waals surface area contributed by atoms with E-state index in [1.54, 1.807) is 24.4 Å². The highest BCUT2D eigenvalue weighted by molar-refractivity contribution is 7.13. The van der Waals surface area contributed by atoms with E-state index in [4.69, 9.17) is 9.47 Å². The first-order chi connectivity index (χ1) is 16.7. The minimum Gasteiger partial charge on any atom is -0.497 e. The van der Waals surface area contributed by atoms with Crippen LogP contribution in [0, 0.1) is 0 Å². The van der Waals surface area contributed by atoms with Crippen LogP contribution in [0.2, 0.25) is 0 Å². The molecule has 2 aromatic heterocycles. The molecule has 4 aromatic rings. The lowest BCUT2D eigenvalue weighted by Gasteiger charge is -2.22. The number of H-pyrrole nitrogens is 1. The van der Waals surface area contributed by atoms with Gasteiger partial charge < -0.3 is 19.2 Å². The topological polar surface area (TPSA) is 90.5 Å². The first kappa shape index (κ1) is 22.9. The number of aromatic amines is 1. The summed E-state index contributed by atoms with van der Waals surface area (Å²) in [6.45, 7) is 0. The van der Waals surface area contributed by atoms with Gasteiger partial charge in [0.1, 0.15) is 17.2 Å². The van der Waals surface area contributed by atoms with E-state index in [1.165, 1.54) is 30.6 Å². The van der Waals surface area contributed by atoms with Gasteiger partial charge in [-0.25, -0.2) is 4.98 Å². The van der Waals surface area contributed by atoms with Gasteiger partial charge in [-0.3, -0.25) is 9.59 Å². The van der Waals surface area contributed by atoms with E-state index in [9.17, 15) is 22.8 Å². The summed E-state index contributed by atoms with van der Waals surface area (Å²) in [5, 5.41) is 0.705. The number of carbonyl (C=O) groups is 1. The van der Waals surface area contributed by atoms with Crippen LogP contribution < -0.4 is 19.6 Å². The monoisotopic (exact) mass is 502 g/mol. The van der Waals surface area contributed by atoms with E-state index >= 15 is 0 Å². The van der Waals surface area contributed by atoms with Crippen molar-refractivity contribution in [1.29, 1.82) is 0 Å². The lowest BCUT2D eigenvalue weighted by atomic mass is 9.84. The highest BCUT2D eigenvalue weighted by Gasteiger charge is 2.32. The van der Waals surface area contributed by atoms with Crippen LogP contribution in [0.25, 0.3) is 10.9 Å². The SMILES string of the molecule is COc1ccc2c(=O)c3c([nH]c2c1)CC(c1cnc(Oc2ccc(OC(F)(F)F)cc2)s1)CC3=O. The van der Waals surface area contributed by atoms with Gasteiger partial charge in [0.05, 0.1) is 18.2 Å². The van der Waals surface area contributed by atoms with Crippen LogP contribution >= 0.6 is 11.3 Å². The fraction of sp³-hybridized carbons (Fsp3) is 0.208. The van der Waals surface area contributed by atoms with Crippen LogP contribution in [0.4, 0.5) is 13.2 Å². The number of nitrogens with one attached hydrogen (secondary N) is 1. The predicted octanol–water partition coefficient (Wildman–Crippen LogP) is 5.60. The molecule has 0 aliphatic heterocycles. The molecule has 0 saturated heterocycles. The zero-order chi connectivity index (χ0) is 24.7. The van der Waals surface area contributed by atoms with Crippen LogP contribution in [0.5, 0.6) is 22.4 Å². The van der Waals surface area contributed by atoms with Gasteiger partial charge >= 0.3 is 6.36 Å². The number of thiazole rings is 1. The number of ketones is 1. The van der Waals surface area contributed by atoms with Crippen LogP contribution in [-0.2, 0) is 6.42 Å². The number of hydrogen-bond acceptors (Lipinski definition) is 7. The number of Topliss-reactive ketones (excluding diaryl/α,β-unsaturated/α-hetero) is 1. The summed E-state index contributed by atoms with van der Waals surface area (Å²) in [5.41, 5.74) is 1.04. The Morgan fingerprint density at radius 3 is 2.46 bits per heavy atom. The molecule has 1 N–H and O–H groups in total. The third kappa shape index (κ3) is 4.72. The third-order valence-corrected chi connectivity index (χ3v) is 6.65. The van der Waals surface area contributed by atoms with Gasteiger partial charge in [-0.2, -0.15) is 0 Å². The molecule has 2 heterocycles. The summed E-state index contributed by atoms with van der Waals surface area (Å²) in [7, 11) is 1.53. The van der Waals surface area contributed by atoms with Crippen molar-refractivity contribution in [2.75, 3.05) is 7.11 Å². The second-order valence-electron chi connectivity index (χ2n) is 7.90. The number of fused-ring (bicyclic) bond motifs is 2. The molecule has 2 aromatic carbocycles. The smallest absolute Gasteiger partial charge is 0.497 e. The number of halogens is 3. The van der Waals surface area contributed by atoms with E-state index in [1.807, 2.05) is 0 Å². The highest BCUT2D eigenvalue weighted by atomic mass is 32.1. The zero-order valence-corrected chi connectivity index (χ0v) is 19.0. The molecular formula is C24H17F3N2O5S. The second-order valence-corrected chi connectivity index (χ2v) is 8.92. The van der Waals surface area contributed by atoms with Crippen LogP contribution in [0.3, 0.4) is 0 Å². The Labute approximate surface area is 200 Å². The lowest BCUT2D eigenvalue weighted by Crippen LogP contribution is -2.27. The molecule has 0 saturated carbocycles. The summed E-state index contributed by atoms with van der Waals surface area (Å²) < 4.78 is 51.7. The molecule has 0 spiro atoms. The molecule has 11 heteroatoms. The number of ether oxygens (including phenoxy) is 3. The molecule has 1 aliphatic rings. The Morgan fingerprint density at radius 1 is 1.03 bits per heavy atom. The standard InChI is InChI=1S/C24H17F3N2O5S/c1-32-15-6-7-16-17(10-15)29-18-8-12(9-19(30)21(18)22(16)31)20-11-28-23(35-20)33-13-2-4-14(5-3-13)34-24(25,26)27/h2-7,10-12H,8-9H2,1H3,(H,29,31). The van der Waals surface area contributed by atoms with E-state index in [-0.39, 0.29) is 45.8 Å². The zero-order valence-electron chi connectivity index (χ0n) is 18.1. The molecule has 1 atom stereocenters. The van der Waals surface area contributed by atoms with Gasteiger partial charge in [0.25, 0.3) is 5.19 Å². The number of benzene rings is 2. The first-order valence-corrected chi connectivity index (χ1v) is 11.3. The molecule has 0 amide bonds. The second kappa shape index (κ2) is 8.73. The maximum atomic E-state index is 13.0. The molecule has 5 rings (SSSR count). The van der Waals surface area contributed by atoms with E-state index in [0.29, 0.717) is 28.8 Å². The number of aromatic nitrogens is 2. The van der Waals surface area contributed by atoms with Crippen molar-refractivity contribution in [3.8, 4) is 22.4 Å². The average molecular weight is 502 g/mol. The van der Waals surface area contributed by atoms with Crippen molar-refractivity contribution in [2.45, 2.75) is 25.1 Å². The van der Waals surface area contributed by atoms with Gasteiger partial charge in [0, 0.05) is 40.6 Å². The number of hydrogen-bond donors (Lipinski definition) is 1. The third-order valence-electron chi connectivity index (χ3n) is 5.61. The number of pyridine rings is 1. The van der Waals surface area contributed by atoms with Crippen molar-refractivity contribution in [3.63, 3.8) is 0 Å². The maximum Gasteiger partial charge on any atom is 0.573 e. The molecule has 0 bridgehead atoms. The average Bonchev–Trinajstić information content (AvgIpc) is 3.27. The Hall–Kier alpha value is -3.86. The minimum absolute atomic E-state index is 0.156. The Morgan fingerprint density at radius 2 is 1.74 bits per heavy atom. The summed E-state index contributed by atoms with van der Waals surface area (Å²) in [5.74, 6) is 0.0740. The number of methoxy groups -OCH3 is 1. The molecule has 0 fully saturated rings. The van der Waals surface area contributed by atoms with Crippen molar-refractivity contribution >= 4 is 28.0 Å². The van der Waals surface area contributed by atoms with Crippen LogP contribution in [0.1, 0.15) is 33.3 Å². The number of alkyl halides is 3. The van der Waals surface area contributed by atoms with Gasteiger partial charge in [0.15, 0.2) is 11.2 Å². The van der Waals surface area contributed by atoms with Gasteiger partial charge in [0.2, 0.25) is 0 Å². The fourth-order valence-corrected chi connectivity index (χ4v) is 4.94. The lowest BCUT2D eigenvalue weighted by molar-refractivity contribution is -0.274. The van der Waals surface area contributed by atoms with Crippen LogP contribution in [-0.4, -0.2) is 29.2 Å². The maximum absolute atomic E-state index is 13.0. The van der Waals surface area contributed by atoms with E-state index in [0.717, 1.165) is 17.0 Å². The quantitative estimate of drug-likeness (QED) is 0.382. The fourth-order valence-electron chi connectivity index (χ4n) is 4.06. The number of carbonyl (C=O) groups excluding carboxylic acids is 1. The molecule has 180 valence electrons. The summed E-state index contributed by atoms with van der Waals surface area (Å²) in [6, 6.07) is 10.00. The van der Waals surface area contributed by atoms with E-state index < -0.39 is 6.36 Å². The molecular weight excluding hydrogens is 485 g/mol. The Kier molecular flexibility index (Phi) is 5.72. The summed E-state index contributed by atoms with van der Waals surface area (Å²) in [6.07, 6.45) is -2.57. The van der Waals surface area contributed by atoms with Crippen molar-refractivity contribution in [3.05, 3.63) is 75.0 Å². The number of rotatable bonds is 5. The van der Waals surface area contributed by atoms with Gasteiger partial charge in [-0.1, -0.05) is 11.3 Å². The summed E-state index contributed by atoms with van der Waals surface area (Å²) in [4.78, 5) is 34.1. The summed E-state index contributed by atoms with van der Waals surface area (Å²) >= 11 is 1.23. The van der Waals surface area contributed by atoms with Crippen molar-refractivity contribution < 1.29 is 32.2 Å². The molecule has 7 nitrogen and oxygen atoms in total. The van der Waals surface area contributed by atoms with Crippen LogP contribution in [0.15, 0.2) is 53.5 Å². The molecule has 35 heavy (non-hydrogen) atoms. The Bertz CT molecular complexity index is 1480. The molecule has 1 unspecified atom stereocenters. The minimum atomic E-state index is -4.77. The largest absolute Gasteiger partial charge is 0.573 e. The van der Waals surface area contributed by atoms with Gasteiger partial charge in [-0.15, -0.1) is 13.2 Å². The highest BCUT2D eigenvalue weighted by Crippen LogP contribution is 2.38. The molecule has 0 radical (unpaired) electrons. The van der Waals surface area contributed by atoms with E-state index in [2.05, 4.69) is 14.7 Å². The normalized spacial score (nSPS) is 15.7. The van der Waals surface area contributed by atoms with Crippen molar-refractivity contribution in [1.82, 2.24) is 9.97 Å². The predicted molar refractivity (Wildman–Crippen MR) is 122 cm³/mol. The number of nitrogens with zero attached hydrogens (tertiary/aromatic N) is 1. The molecule has 1 aliphatic carbocycles.